The smallest absolute Gasteiger partial charge is 0.313 e. The standard InChI is InChI=1S/C10H13FN2O3/c1-7(6-12-2)16-10-4-3-8(11)5-9(10)13(14)15/h3-5,7,12H,6H2,1-2H3. The normalized spacial score (nSPS) is 12.2. The largest absolute Gasteiger partial charge is 0.482 e. The van der Waals surface area contributed by atoms with Crippen LogP contribution in [0.4, 0.5) is 10.1 Å². The van der Waals surface area contributed by atoms with Crippen molar-refractivity contribution in [3.63, 3.8) is 0 Å². The van der Waals surface area contributed by atoms with Gasteiger partial charge in [-0.1, -0.05) is 0 Å². The zero-order valence-corrected chi connectivity index (χ0v) is 9.07. The molecule has 1 aromatic carbocycles. The van der Waals surface area contributed by atoms with E-state index in [9.17, 15) is 14.5 Å². The number of nitro benzene ring substituents is 1. The SMILES string of the molecule is CNCC(C)Oc1ccc(F)cc1[N+](=O)[O-]. The number of nitrogens with one attached hydrogen (secondary N) is 1. The van der Waals surface area contributed by atoms with E-state index in [0.717, 1.165) is 12.1 Å². The topological polar surface area (TPSA) is 64.4 Å². The number of likely N-dealkylation sites (N-methyl/N-ethyl adjacent to an activating group) is 1. The fourth-order valence-electron chi connectivity index (χ4n) is 1.28. The summed E-state index contributed by atoms with van der Waals surface area (Å²) >= 11 is 0. The van der Waals surface area contributed by atoms with Crippen LogP contribution in [0.1, 0.15) is 6.92 Å². The van der Waals surface area contributed by atoms with Crippen LogP contribution in [0.15, 0.2) is 18.2 Å². The van der Waals surface area contributed by atoms with Gasteiger partial charge in [-0.25, -0.2) is 4.39 Å². The average Bonchev–Trinajstić information content (AvgIpc) is 2.20. The zero-order valence-electron chi connectivity index (χ0n) is 9.07. The molecule has 0 fully saturated rings. The molecule has 0 aliphatic rings. The Kier molecular flexibility index (Phi) is 4.19. The molecule has 5 nitrogen and oxygen atoms in total. The molecule has 1 aromatic rings. The van der Waals surface area contributed by atoms with Gasteiger partial charge in [-0.15, -0.1) is 0 Å². The minimum Gasteiger partial charge on any atom is -0.482 e. The Morgan fingerprint density at radius 3 is 2.88 bits per heavy atom. The van der Waals surface area contributed by atoms with E-state index < -0.39 is 10.7 Å². The first-order valence-corrected chi connectivity index (χ1v) is 4.79. The molecular formula is C10H13FN2O3. The predicted molar refractivity (Wildman–Crippen MR) is 57.1 cm³/mol. The first-order chi connectivity index (χ1) is 7.54. The van der Waals surface area contributed by atoms with Crippen molar-refractivity contribution in [2.24, 2.45) is 0 Å². The molecule has 0 saturated heterocycles. The van der Waals surface area contributed by atoms with Crippen molar-refractivity contribution in [2.45, 2.75) is 13.0 Å². The molecule has 0 radical (unpaired) electrons. The number of benzene rings is 1. The monoisotopic (exact) mass is 228 g/mol. The van der Waals surface area contributed by atoms with Crippen molar-refractivity contribution >= 4 is 5.69 Å². The lowest BCUT2D eigenvalue weighted by molar-refractivity contribution is -0.386. The van der Waals surface area contributed by atoms with E-state index in [0.29, 0.717) is 6.54 Å². The Labute approximate surface area is 92.4 Å². The van der Waals surface area contributed by atoms with Gasteiger partial charge < -0.3 is 10.1 Å². The molecule has 0 bridgehead atoms. The van der Waals surface area contributed by atoms with Gasteiger partial charge in [0.1, 0.15) is 11.9 Å². The second-order valence-corrected chi connectivity index (χ2v) is 3.36. The second-order valence-electron chi connectivity index (χ2n) is 3.36. The summed E-state index contributed by atoms with van der Waals surface area (Å²) in [7, 11) is 1.75. The molecule has 0 saturated carbocycles. The van der Waals surface area contributed by atoms with Crippen LogP contribution in [0, 0.1) is 15.9 Å². The van der Waals surface area contributed by atoms with E-state index in [2.05, 4.69) is 5.32 Å². The summed E-state index contributed by atoms with van der Waals surface area (Å²) in [5.41, 5.74) is -0.358. The highest BCUT2D eigenvalue weighted by molar-refractivity contribution is 5.46. The van der Waals surface area contributed by atoms with Gasteiger partial charge in [-0.3, -0.25) is 10.1 Å². The number of ether oxygens (including phenoxy) is 1. The Morgan fingerprint density at radius 2 is 2.31 bits per heavy atom. The van der Waals surface area contributed by atoms with Crippen LogP contribution < -0.4 is 10.1 Å². The van der Waals surface area contributed by atoms with Crippen molar-refractivity contribution in [3.05, 3.63) is 34.1 Å². The van der Waals surface area contributed by atoms with Gasteiger partial charge >= 0.3 is 5.69 Å². The summed E-state index contributed by atoms with van der Waals surface area (Å²) in [6.07, 6.45) is -0.228. The van der Waals surface area contributed by atoms with Gasteiger partial charge in [-0.05, 0) is 26.1 Å². The number of halogens is 1. The van der Waals surface area contributed by atoms with Crippen LogP contribution in [0.3, 0.4) is 0 Å². The second kappa shape index (κ2) is 5.41. The summed E-state index contributed by atoms with van der Waals surface area (Å²) in [6.45, 7) is 2.32. The molecule has 0 amide bonds. The minimum absolute atomic E-state index is 0.0779. The molecule has 6 heteroatoms. The summed E-state index contributed by atoms with van der Waals surface area (Å²) in [5, 5.41) is 13.5. The molecule has 1 N–H and O–H groups in total. The molecule has 0 heterocycles. The maximum Gasteiger partial charge on any atom is 0.313 e. The van der Waals surface area contributed by atoms with E-state index in [4.69, 9.17) is 4.74 Å². The third-order valence-electron chi connectivity index (χ3n) is 1.94. The molecule has 0 aliphatic heterocycles. The highest BCUT2D eigenvalue weighted by Crippen LogP contribution is 2.28. The van der Waals surface area contributed by atoms with Gasteiger partial charge in [0.25, 0.3) is 0 Å². The third kappa shape index (κ3) is 3.16. The Balaban J connectivity index is 2.90. The first-order valence-electron chi connectivity index (χ1n) is 4.79. The van der Waals surface area contributed by atoms with Crippen LogP contribution in [-0.2, 0) is 0 Å². The third-order valence-corrected chi connectivity index (χ3v) is 1.94. The molecular weight excluding hydrogens is 215 g/mol. The highest BCUT2D eigenvalue weighted by atomic mass is 19.1. The molecule has 0 aliphatic carbocycles. The van der Waals surface area contributed by atoms with Crippen molar-refractivity contribution < 1.29 is 14.1 Å². The Bertz CT molecular complexity index is 384. The van der Waals surface area contributed by atoms with Crippen LogP contribution >= 0.6 is 0 Å². The maximum absolute atomic E-state index is 12.8. The van der Waals surface area contributed by atoms with Crippen molar-refractivity contribution in [3.8, 4) is 5.75 Å². The molecule has 0 spiro atoms. The quantitative estimate of drug-likeness (QED) is 0.615. The molecule has 0 aromatic heterocycles. The van der Waals surface area contributed by atoms with Crippen molar-refractivity contribution in [1.29, 1.82) is 0 Å². The maximum atomic E-state index is 12.8. The van der Waals surface area contributed by atoms with Gasteiger partial charge in [0.15, 0.2) is 5.75 Å². The van der Waals surface area contributed by atoms with E-state index >= 15 is 0 Å². The zero-order chi connectivity index (χ0) is 12.1. The molecule has 1 rings (SSSR count). The van der Waals surface area contributed by atoms with E-state index in [1.165, 1.54) is 6.07 Å². The van der Waals surface area contributed by atoms with Gasteiger partial charge in [0, 0.05) is 6.54 Å². The number of hydrogen-bond donors (Lipinski definition) is 1. The molecule has 1 unspecified atom stereocenters. The van der Waals surface area contributed by atoms with Crippen LogP contribution in [0.5, 0.6) is 5.75 Å². The van der Waals surface area contributed by atoms with E-state index in [1.54, 1.807) is 14.0 Å². The fourth-order valence-corrected chi connectivity index (χ4v) is 1.28. The molecule has 88 valence electrons. The van der Waals surface area contributed by atoms with Crippen LogP contribution in [-0.4, -0.2) is 24.6 Å². The Morgan fingerprint density at radius 1 is 1.62 bits per heavy atom. The number of nitrogens with zero attached hydrogens (tertiary/aromatic N) is 1. The number of rotatable bonds is 5. The van der Waals surface area contributed by atoms with Gasteiger partial charge in [0.05, 0.1) is 11.0 Å². The minimum atomic E-state index is -0.662. The lowest BCUT2D eigenvalue weighted by Crippen LogP contribution is -2.26. The first kappa shape index (κ1) is 12.4. The highest BCUT2D eigenvalue weighted by Gasteiger charge is 2.17. The lowest BCUT2D eigenvalue weighted by atomic mass is 10.3. The van der Waals surface area contributed by atoms with E-state index in [1.807, 2.05) is 0 Å². The average molecular weight is 228 g/mol. The summed E-state index contributed by atoms with van der Waals surface area (Å²) in [6, 6.07) is 3.25. The number of hydrogen-bond acceptors (Lipinski definition) is 4. The van der Waals surface area contributed by atoms with Gasteiger partial charge in [-0.2, -0.15) is 0 Å². The Hall–Kier alpha value is -1.69. The summed E-state index contributed by atoms with van der Waals surface area (Å²) in [5.74, 6) is -0.575. The van der Waals surface area contributed by atoms with Gasteiger partial charge in [0.2, 0.25) is 0 Å². The lowest BCUT2D eigenvalue weighted by Gasteiger charge is -2.13. The number of nitro groups is 1. The van der Waals surface area contributed by atoms with Crippen molar-refractivity contribution in [1.82, 2.24) is 5.32 Å². The molecule has 16 heavy (non-hydrogen) atoms. The van der Waals surface area contributed by atoms with Crippen LogP contribution in [0.2, 0.25) is 0 Å². The molecule has 1 atom stereocenters. The fraction of sp³-hybridized carbons (Fsp3) is 0.400. The summed E-state index contributed by atoms with van der Waals surface area (Å²) in [4.78, 5) is 9.99. The van der Waals surface area contributed by atoms with Crippen LogP contribution in [0.25, 0.3) is 0 Å². The summed E-state index contributed by atoms with van der Waals surface area (Å²) < 4.78 is 18.2. The predicted octanol–water partition coefficient (Wildman–Crippen LogP) is 1.72. The van der Waals surface area contributed by atoms with Crippen molar-refractivity contribution in [2.75, 3.05) is 13.6 Å². The van der Waals surface area contributed by atoms with E-state index in [-0.39, 0.29) is 17.5 Å².